The van der Waals surface area contributed by atoms with E-state index in [-0.39, 0.29) is 11.9 Å². The predicted octanol–water partition coefficient (Wildman–Crippen LogP) is 0.0481. The lowest BCUT2D eigenvalue weighted by Crippen LogP contribution is -2.42. The van der Waals surface area contributed by atoms with Crippen LogP contribution in [-0.4, -0.2) is 46.6 Å². The molecule has 2 rings (SSSR count). The van der Waals surface area contributed by atoms with E-state index < -0.39 is 0 Å². The molecular weight excluding hydrogens is 234 g/mol. The number of rotatable bonds is 2. The third-order valence-corrected chi connectivity index (χ3v) is 3.10. The summed E-state index contributed by atoms with van der Waals surface area (Å²) < 4.78 is 7.29. The van der Waals surface area contributed by atoms with Gasteiger partial charge in [-0.1, -0.05) is 5.16 Å². The molecule has 7 nitrogen and oxygen atoms in total. The van der Waals surface area contributed by atoms with Crippen LogP contribution >= 0.6 is 0 Å². The monoisotopic (exact) mass is 253 g/mol. The fourth-order valence-electron chi connectivity index (χ4n) is 2.37. The molecule has 1 aliphatic rings. The zero-order chi connectivity index (χ0) is 13.3. The summed E-state index contributed by atoms with van der Waals surface area (Å²) in [6.45, 7) is 6.08. The lowest BCUT2D eigenvalue weighted by Gasteiger charge is -2.33. The van der Waals surface area contributed by atoms with Gasteiger partial charge in [0, 0.05) is 20.1 Å². The highest BCUT2D eigenvalue weighted by atomic mass is 16.5. The number of hydrogen-bond acceptors (Lipinski definition) is 5. The Morgan fingerprint density at radius 3 is 2.94 bits per heavy atom. The van der Waals surface area contributed by atoms with Crippen molar-refractivity contribution in [3.63, 3.8) is 0 Å². The SMILES string of the molecule is Cc1nn(C)c(N2CCOC(C)C2)c1C(N)=NO. The van der Waals surface area contributed by atoms with Crippen molar-refractivity contribution in [1.82, 2.24) is 9.78 Å². The molecule has 18 heavy (non-hydrogen) atoms. The Balaban J connectivity index is 2.43. The van der Waals surface area contributed by atoms with Gasteiger partial charge in [0.1, 0.15) is 5.82 Å². The van der Waals surface area contributed by atoms with Crippen molar-refractivity contribution in [2.75, 3.05) is 24.6 Å². The maximum atomic E-state index is 8.88. The van der Waals surface area contributed by atoms with Crippen LogP contribution in [0.4, 0.5) is 5.82 Å². The number of amidine groups is 1. The van der Waals surface area contributed by atoms with Crippen LogP contribution in [0.15, 0.2) is 5.16 Å². The Morgan fingerprint density at radius 2 is 2.33 bits per heavy atom. The molecule has 2 heterocycles. The van der Waals surface area contributed by atoms with Gasteiger partial charge in [-0.25, -0.2) is 0 Å². The molecule has 1 aromatic rings. The third-order valence-electron chi connectivity index (χ3n) is 3.10. The Labute approximate surface area is 106 Å². The Bertz CT molecular complexity index is 468. The number of oxime groups is 1. The molecule has 0 radical (unpaired) electrons. The first-order valence-corrected chi connectivity index (χ1v) is 5.92. The van der Waals surface area contributed by atoms with Crippen molar-refractivity contribution in [2.24, 2.45) is 17.9 Å². The zero-order valence-electron chi connectivity index (χ0n) is 10.9. The number of anilines is 1. The highest BCUT2D eigenvalue weighted by Crippen LogP contribution is 2.24. The van der Waals surface area contributed by atoms with Crippen LogP contribution in [0.2, 0.25) is 0 Å². The number of nitrogens with two attached hydrogens (primary N) is 1. The quantitative estimate of drug-likeness (QED) is 0.336. The van der Waals surface area contributed by atoms with Crippen LogP contribution in [0, 0.1) is 6.92 Å². The smallest absolute Gasteiger partial charge is 0.175 e. The topological polar surface area (TPSA) is 88.9 Å². The van der Waals surface area contributed by atoms with Gasteiger partial charge in [0.05, 0.1) is 24.0 Å². The first kappa shape index (κ1) is 12.7. The Kier molecular flexibility index (Phi) is 3.42. The van der Waals surface area contributed by atoms with Gasteiger partial charge in [-0.05, 0) is 13.8 Å². The number of nitrogens with zero attached hydrogens (tertiary/aromatic N) is 4. The molecule has 1 unspecified atom stereocenters. The summed E-state index contributed by atoms with van der Waals surface area (Å²) in [6.07, 6.45) is 0.161. The fourth-order valence-corrected chi connectivity index (χ4v) is 2.37. The van der Waals surface area contributed by atoms with E-state index in [1.54, 1.807) is 4.68 Å². The molecule has 1 fully saturated rings. The molecule has 0 amide bonds. The largest absolute Gasteiger partial charge is 0.409 e. The van der Waals surface area contributed by atoms with Crippen LogP contribution in [-0.2, 0) is 11.8 Å². The van der Waals surface area contributed by atoms with Crippen molar-refractivity contribution in [2.45, 2.75) is 20.0 Å². The standard InChI is InChI=1S/C11H19N5O2/c1-7-6-16(4-5-18-7)11-9(10(12)14-17)8(2)13-15(11)3/h7,17H,4-6H2,1-3H3,(H2,12,14). The summed E-state index contributed by atoms with van der Waals surface area (Å²) in [5.74, 6) is 0.965. The van der Waals surface area contributed by atoms with E-state index in [1.807, 2.05) is 20.9 Å². The molecule has 0 bridgehead atoms. The van der Waals surface area contributed by atoms with Crippen molar-refractivity contribution < 1.29 is 9.94 Å². The van der Waals surface area contributed by atoms with E-state index in [4.69, 9.17) is 15.7 Å². The molecular formula is C11H19N5O2. The van der Waals surface area contributed by atoms with Crippen molar-refractivity contribution in [3.05, 3.63) is 11.3 Å². The van der Waals surface area contributed by atoms with E-state index in [0.717, 1.165) is 24.6 Å². The summed E-state index contributed by atoms with van der Waals surface area (Å²) in [4.78, 5) is 2.15. The Morgan fingerprint density at radius 1 is 1.61 bits per heavy atom. The number of aromatic nitrogens is 2. The summed E-state index contributed by atoms with van der Waals surface area (Å²) in [5.41, 5.74) is 7.18. The van der Waals surface area contributed by atoms with Gasteiger partial charge in [0.2, 0.25) is 0 Å². The van der Waals surface area contributed by atoms with Crippen LogP contribution < -0.4 is 10.6 Å². The molecule has 1 saturated heterocycles. The second kappa shape index (κ2) is 4.85. The molecule has 3 N–H and O–H groups in total. The second-order valence-electron chi connectivity index (χ2n) is 4.52. The van der Waals surface area contributed by atoms with Crippen molar-refractivity contribution >= 4 is 11.7 Å². The van der Waals surface area contributed by atoms with Gasteiger partial charge < -0.3 is 20.6 Å². The second-order valence-corrected chi connectivity index (χ2v) is 4.52. The van der Waals surface area contributed by atoms with E-state index >= 15 is 0 Å². The number of ether oxygens (including phenoxy) is 1. The molecule has 1 aliphatic heterocycles. The average molecular weight is 253 g/mol. The highest BCUT2D eigenvalue weighted by molar-refractivity contribution is 6.02. The number of morpholine rings is 1. The molecule has 0 saturated carbocycles. The minimum absolute atomic E-state index is 0.0924. The van der Waals surface area contributed by atoms with E-state index in [0.29, 0.717) is 12.2 Å². The number of hydrogen-bond donors (Lipinski definition) is 2. The van der Waals surface area contributed by atoms with Gasteiger partial charge in [-0.3, -0.25) is 4.68 Å². The van der Waals surface area contributed by atoms with Crippen LogP contribution in [0.1, 0.15) is 18.2 Å². The van der Waals surface area contributed by atoms with Crippen molar-refractivity contribution in [3.8, 4) is 0 Å². The van der Waals surface area contributed by atoms with Gasteiger partial charge in [0.15, 0.2) is 5.84 Å². The van der Waals surface area contributed by atoms with Gasteiger partial charge in [-0.2, -0.15) is 5.10 Å². The van der Waals surface area contributed by atoms with Crippen LogP contribution in [0.3, 0.4) is 0 Å². The van der Waals surface area contributed by atoms with E-state index in [2.05, 4.69) is 15.2 Å². The molecule has 100 valence electrons. The zero-order valence-corrected chi connectivity index (χ0v) is 10.9. The highest BCUT2D eigenvalue weighted by Gasteiger charge is 2.25. The molecule has 0 spiro atoms. The van der Waals surface area contributed by atoms with Gasteiger partial charge in [0.25, 0.3) is 0 Å². The third kappa shape index (κ3) is 2.13. The Hall–Kier alpha value is -1.76. The lowest BCUT2D eigenvalue weighted by atomic mass is 10.2. The summed E-state index contributed by atoms with van der Waals surface area (Å²) in [7, 11) is 1.86. The van der Waals surface area contributed by atoms with E-state index in [1.165, 1.54) is 0 Å². The first-order chi connectivity index (χ1) is 8.54. The van der Waals surface area contributed by atoms with E-state index in [9.17, 15) is 0 Å². The summed E-state index contributed by atoms with van der Waals surface area (Å²) in [5, 5.41) is 16.3. The fraction of sp³-hybridized carbons (Fsp3) is 0.636. The molecule has 0 aliphatic carbocycles. The lowest BCUT2D eigenvalue weighted by molar-refractivity contribution is 0.0527. The molecule has 0 aromatic carbocycles. The predicted molar refractivity (Wildman–Crippen MR) is 68.1 cm³/mol. The normalized spacial score (nSPS) is 21.4. The maximum Gasteiger partial charge on any atom is 0.175 e. The summed E-state index contributed by atoms with van der Waals surface area (Å²) >= 11 is 0. The van der Waals surface area contributed by atoms with Crippen LogP contribution in [0.25, 0.3) is 0 Å². The minimum Gasteiger partial charge on any atom is -0.409 e. The molecule has 7 heteroatoms. The van der Waals surface area contributed by atoms with Crippen molar-refractivity contribution in [1.29, 1.82) is 0 Å². The maximum absolute atomic E-state index is 8.88. The average Bonchev–Trinajstić information content (AvgIpc) is 2.63. The number of aryl methyl sites for hydroxylation is 2. The summed E-state index contributed by atoms with van der Waals surface area (Å²) in [6, 6.07) is 0. The minimum atomic E-state index is 0.0924. The van der Waals surface area contributed by atoms with Crippen LogP contribution in [0.5, 0.6) is 0 Å². The molecule has 1 aromatic heterocycles. The molecule has 1 atom stereocenters. The van der Waals surface area contributed by atoms with Gasteiger partial charge in [-0.15, -0.1) is 0 Å². The van der Waals surface area contributed by atoms with Gasteiger partial charge >= 0.3 is 0 Å². The first-order valence-electron chi connectivity index (χ1n) is 5.92.